The molecular weight excluding hydrogens is 448 g/mol. The van der Waals surface area contributed by atoms with Gasteiger partial charge in [-0.05, 0) is 42.0 Å². The Morgan fingerprint density at radius 1 is 0.969 bits per heavy atom. The number of amides is 2. The van der Waals surface area contributed by atoms with E-state index in [0.717, 1.165) is 21.8 Å². The van der Waals surface area contributed by atoms with Crippen LogP contribution >= 0.6 is 23.4 Å². The highest BCUT2D eigenvalue weighted by molar-refractivity contribution is 7.98. The molecule has 0 saturated carbocycles. The minimum atomic E-state index is -0.503. The number of imidazole rings is 1. The predicted molar refractivity (Wildman–Crippen MR) is 125 cm³/mol. The van der Waals surface area contributed by atoms with Crippen LogP contribution in [0.5, 0.6) is 5.75 Å². The van der Waals surface area contributed by atoms with Crippen molar-refractivity contribution in [3.05, 3.63) is 88.9 Å². The summed E-state index contributed by atoms with van der Waals surface area (Å²) in [6.07, 6.45) is 0. The second kappa shape index (κ2) is 10.2. The Hall–Kier alpha value is -3.49. The second-order valence-electron chi connectivity index (χ2n) is 6.77. The van der Waals surface area contributed by atoms with Gasteiger partial charge >= 0.3 is 0 Å². The van der Waals surface area contributed by atoms with E-state index >= 15 is 0 Å². The van der Waals surface area contributed by atoms with Crippen molar-refractivity contribution in [1.82, 2.24) is 20.8 Å². The zero-order valence-electron chi connectivity index (χ0n) is 16.8. The minimum Gasteiger partial charge on any atom is -0.482 e. The number of hydrogen-bond donors (Lipinski definition) is 3. The van der Waals surface area contributed by atoms with Gasteiger partial charge in [-0.3, -0.25) is 20.4 Å². The van der Waals surface area contributed by atoms with Crippen LogP contribution < -0.4 is 15.6 Å². The lowest BCUT2D eigenvalue weighted by Crippen LogP contribution is -2.43. The van der Waals surface area contributed by atoms with Crippen LogP contribution in [-0.2, 0) is 10.5 Å². The molecule has 0 spiro atoms. The molecule has 162 valence electrons. The molecular formula is C23H19ClN4O3S. The Kier molecular flexibility index (Phi) is 6.94. The molecule has 0 unspecified atom stereocenters. The number of fused-ring (bicyclic) bond motifs is 1. The zero-order valence-corrected chi connectivity index (χ0v) is 18.4. The topological polar surface area (TPSA) is 96.1 Å². The van der Waals surface area contributed by atoms with Crippen molar-refractivity contribution in [2.45, 2.75) is 10.9 Å². The maximum absolute atomic E-state index is 12.3. The van der Waals surface area contributed by atoms with Gasteiger partial charge in [0.1, 0.15) is 5.75 Å². The summed E-state index contributed by atoms with van der Waals surface area (Å²) < 4.78 is 5.33. The van der Waals surface area contributed by atoms with E-state index in [1.165, 1.54) is 0 Å². The molecule has 32 heavy (non-hydrogen) atoms. The number of thioether (sulfide) groups is 1. The fourth-order valence-corrected chi connectivity index (χ4v) is 3.87. The number of benzene rings is 3. The maximum Gasteiger partial charge on any atom is 0.276 e. The lowest BCUT2D eigenvalue weighted by Gasteiger charge is -2.10. The van der Waals surface area contributed by atoms with E-state index in [2.05, 4.69) is 20.8 Å². The van der Waals surface area contributed by atoms with Gasteiger partial charge < -0.3 is 9.72 Å². The van der Waals surface area contributed by atoms with Crippen LogP contribution in [0.4, 0.5) is 0 Å². The van der Waals surface area contributed by atoms with E-state index in [9.17, 15) is 9.59 Å². The molecule has 1 heterocycles. The molecule has 0 bridgehead atoms. The Bertz CT molecular complexity index is 1210. The number of aromatic nitrogens is 2. The number of carbonyl (C=O) groups is 2. The van der Waals surface area contributed by atoms with Gasteiger partial charge in [0.15, 0.2) is 11.8 Å². The highest BCUT2D eigenvalue weighted by atomic mass is 35.5. The van der Waals surface area contributed by atoms with Crippen molar-refractivity contribution < 1.29 is 14.3 Å². The van der Waals surface area contributed by atoms with Crippen molar-refractivity contribution in [2.24, 2.45) is 0 Å². The number of carbonyl (C=O) groups excluding carboxylic acids is 2. The molecule has 0 radical (unpaired) electrons. The van der Waals surface area contributed by atoms with Gasteiger partial charge in [-0.15, -0.1) is 0 Å². The molecule has 2 amide bonds. The largest absolute Gasteiger partial charge is 0.482 e. The smallest absolute Gasteiger partial charge is 0.276 e. The first-order chi connectivity index (χ1) is 15.6. The highest BCUT2D eigenvalue weighted by Crippen LogP contribution is 2.24. The number of nitrogens with one attached hydrogen (secondary N) is 3. The molecule has 0 aliphatic heterocycles. The normalized spacial score (nSPS) is 10.7. The second-order valence-corrected chi connectivity index (χ2v) is 8.14. The third-order valence-electron chi connectivity index (χ3n) is 4.47. The molecule has 0 aliphatic rings. The first-order valence-corrected chi connectivity index (χ1v) is 11.1. The molecule has 0 saturated heterocycles. The fraction of sp³-hybridized carbons (Fsp3) is 0.0870. The number of aromatic amines is 1. The lowest BCUT2D eigenvalue weighted by atomic mass is 10.1. The number of halogens is 1. The number of H-pyrrole nitrogens is 1. The van der Waals surface area contributed by atoms with Crippen LogP contribution in [0.3, 0.4) is 0 Å². The number of para-hydroxylation sites is 3. The van der Waals surface area contributed by atoms with E-state index < -0.39 is 11.8 Å². The highest BCUT2D eigenvalue weighted by Gasteiger charge is 2.10. The quantitative estimate of drug-likeness (QED) is 0.278. The van der Waals surface area contributed by atoms with Crippen LogP contribution in [0.15, 0.2) is 78.0 Å². The van der Waals surface area contributed by atoms with Gasteiger partial charge in [0.2, 0.25) is 0 Å². The van der Waals surface area contributed by atoms with Crippen molar-refractivity contribution in [3.63, 3.8) is 0 Å². The summed E-state index contributed by atoms with van der Waals surface area (Å²) >= 11 is 7.56. The first kappa shape index (κ1) is 21.7. The third kappa shape index (κ3) is 5.60. The van der Waals surface area contributed by atoms with Gasteiger partial charge in [0, 0.05) is 11.3 Å². The molecule has 0 atom stereocenters. The number of rotatable bonds is 7. The van der Waals surface area contributed by atoms with E-state index in [1.807, 2.05) is 36.4 Å². The van der Waals surface area contributed by atoms with Crippen molar-refractivity contribution in [1.29, 1.82) is 0 Å². The third-order valence-corrected chi connectivity index (χ3v) is 5.73. The van der Waals surface area contributed by atoms with E-state index in [4.69, 9.17) is 16.3 Å². The first-order valence-electron chi connectivity index (χ1n) is 9.71. The average Bonchev–Trinajstić information content (AvgIpc) is 3.24. The summed E-state index contributed by atoms with van der Waals surface area (Å²) in [5.41, 5.74) is 8.10. The number of nitrogens with zero attached hydrogens (tertiary/aromatic N) is 1. The van der Waals surface area contributed by atoms with Gasteiger partial charge in [0.05, 0.1) is 16.1 Å². The minimum absolute atomic E-state index is 0.276. The van der Waals surface area contributed by atoms with E-state index in [-0.39, 0.29) is 6.61 Å². The van der Waals surface area contributed by atoms with Gasteiger partial charge in [-0.25, -0.2) is 4.98 Å². The van der Waals surface area contributed by atoms with E-state index in [0.29, 0.717) is 22.1 Å². The summed E-state index contributed by atoms with van der Waals surface area (Å²) in [6, 6.07) is 21.8. The molecule has 3 N–H and O–H groups in total. The number of hydrogen-bond acceptors (Lipinski definition) is 5. The zero-order chi connectivity index (χ0) is 22.3. The molecule has 4 rings (SSSR count). The van der Waals surface area contributed by atoms with Crippen LogP contribution in [0, 0.1) is 0 Å². The SMILES string of the molecule is O=C(COc1ccccc1Cl)NNC(=O)c1ccc(CSc2nc3ccccc3[nH]2)cc1. The van der Waals surface area contributed by atoms with Gasteiger partial charge in [-0.1, -0.05) is 59.8 Å². The monoisotopic (exact) mass is 466 g/mol. The maximum atomic E-state index is 12.3. The Morgan fingerprint density at radius 2 is 1.72 bits per heavy atom. The Morgan fingerprint density at radius 3 is 2.50 bits per heavy atom. The summed E-state index contributed by atoms with van der Waals surface area (Å²) in [5.74, 6) is 0.175. The molecule has 1 aromatic heterocycles. The standard InChI is InChI=1S/C23H19ClN4O3S/c24-17-5-1-4-8-20(17)31-13-21(29)27-28-22(30)16-11-9-15(10-12-16)14-32-23-25-18-6-2-3-7-19(18)26-23/h1-12H,13-14H2,(H,25,26)(H,27,29)(H,28,30). The van der Waals surface area contributed by atoms with Crippen molar-refractivity contribution in [2.75, 3.05) is 6.61 Å². The van der Waals surface area contributed by atoms with Crippen LogP contribution in [0.25, 0.3) is 11.0 Å². The summed E-state index contributed by atoms with van der Waals surface area (Å²) in [5, 5.41) is 1.25. The van der Waals surface area contributed by atoms with Crippen LogP contribution in [0.2, 0.25) is 5.02 Å². The fourth-order valence-electron chi connectivity index (χ4n) is 2.84. The summed E-state index contributed by atoms with van der Waals surface area (Å²) in [7, 11) is 0. The number of hydrazine groups is 1. The van der Waals surface area contributed by atoms with Crippen LogP contribution in [-0.4, -0.2) is 28.4 Å². The van der Waals surface area contributed by atoms with Crippen LogP contribution in [0.1, 0.15) is 15.9 Å². The predicted octanol–water partition coefficient (Wildman–Crippen LogP) is 4.35. The molecule has 7 nitrogen and oxygen atoms in total. The molecule has 9 heteroatoms. The van der Waals surface area contributed by atoms with Gasteiger partial charge in [-0.2, -0.15) is 0 Å². The summed E-state index contributed by atoms with van der Waals surface area (Å²) in [6.45, 7) is -0.276. The number of ether oxygens (including phenoxy) is 1. The van der Waals surface area contributed by atoms with Crippen molar-refractivity contribution in [3.8, 4) is 5.75 Å². The van der Waals surface area contributed by atoms with E-state index in [1.54, 1.807) is 48.2 Å². The lowest BCUT2D eigenvalue weighted by molar-refractivity contribution is -0.123. The molecule has 3 aromatic carbocycles. The molecule has 0 aliphatic carbocycles. The summed E-state index contributed by atoms with van der Waals surface area (Å²) in [4.78, 5) is 32.0. The average molecular weight is 467 g/mol. The molecule has 0 fully saturated rings. The Labute approximate surface area is 193 Å². The van der Waals surface area contributed by atoms with Gasteiger partial charge in [0.25, 0.3) is 11.8 Å². The Balaban J connectivity index is 1.23. The molecule has 4 aromatic rings. The van der Waals surface area contributed by atoms with Crippen molar-refractivity contribution >= 4 is 46.2 Å².